The van der Waals surface area contributed by atoms with Crippen LogP contribution in [0.1, 0.15) is 16.0 Å². The average molecular weight is 444 g/mol. The third kappa shape index (κ3) is 5.36. The Morgan fingerprint density at radius 2 is 2.03 bits per heavy atom. The van der Waals surface area contributed by atoms with Crippen LogP contribution >= 0.6 is 34.5 Å². The van der Waals surface area contributed by atoms with Crippen molar-refractivity contribution in [2.75, 3.05) is 12.4 Å². The number of aromatic nitrogens is 1. The lowest BCUT2D eigenvalue weighted by molar-refractivity contribution is -0.112. The second kappa shape index (κ2) is 9.57. The van der Waals surface area contributed by atoms with Crippen molar-refractivity contribution in [1.29, 1.82) is 5.26 Å². The monoisotopic (exact) mass is 443 g/mol. The molecule has 0 atom stereocenters. The fourth-order valence-electron chi connectivity index (χ4n) is 2.50. The standard InChI is InChI=1S/C21H15Cl2N3O2S/c1-28-16-7-5-13(6-8-16)9-15(11-24)20(27)26-21-25-12-17(29-21)10-14-3-2-4-18(22)19(14)23/h2-9,12H,10H2,1H3,(H,25,26,27)/b15-9+. The number of anilines is 1. The first kappa shape index (κ1) is 20.9. The lowest BCUT2D eigenvalue weighted by Gasteiger charge is -2.03. The molecule has 0 spiro atoms. The molecular formula is C21H15Cl2N3O2S. The van der Waals surface area contributed by atoms with Crippen LogP contribution < -0.4 is 10.1 Å². The first-order valence-corrected chi connectivity index (χ1v) is 10.0. The number of hydrogen-bond donors (Lipinski definition) is 1. The summed E-state index contributed by atoms with van der Waals surface area (Å²) in [6.45, 7) is 0. The van der Waals surface area contributed by atoms with Crippen molar-refractivity contribution < 1.29 is 9.53 Å². The summed E-state index contributed by atoms with van der Waals surface area (Å²) in [7, 11) is 1.57. The highest BCUT2D eigenvalue weighted by Gasteiger charge is 2.13. The maximum atomic E-state index is 12.4. The van der Waals surface area contributed by atoms with Crippen LogP contribution in [0.2, 0.25) is 10.0 Å². The van der Waals surface area contributed by atoms with Crippen molar-refractivity contribution in [1.82, 2.24) is 4.98 Å². The number of methoxy groups -OCH3 is 1. The molecule has 0 aliphatic carbocycles. The van der Waals surface area contributed by atoms with Crippen LogP contribution in [-0.4, -0.2) is 18.0 Å². The van der Waals surface area contributed by atoms with Gasteiger partial charge in [0.15, 0.2) is 5.13 Å². The summed E-state index contributed by atoms with van der Waals surface area (Å²) in [5.41, 5.74) is 1.57. The Morgan fingerprint density at radius 3 is 2.72 bits per heavy atom. The number of thiazole rings is 1. The topological polar surface area (TPSA) is 75.0 Å². The zero-order valence-corrected chi connectivity index (χ0v) is 17.6. The molecule has 29 heavy (non-hydrogen) atoms. The lowest BCUT2D eigenvalue weighted by atomic mass is 10.1. The smallest absolute Gasteiger partial charge is 0.268 e. The molecule has 3 rings (SSSR count). The summed E-state index contributed by atoms with van der Waals surface area (Å²) in [5, 5.41) is 13.4. The van der Waals surface area contributed by atoms with Crippen LogP contribution in [0.4, 0.5) is 5.13 Å². The van der Waals surface area contributed by atoms with Crippen molar-refractivity contribution in [3.63, 3.8) is 0 Å². The molecule has 0 aliphatic rings. The van der Waals surface area contributed by atoms with E-state index in [-0.39, 0.29) is 5.57 Å². The van der Waals surface area contributed by atoms with Crippen molar-refractivity contribution in [3.05, 3.63) is 80.3 Å². The Bertz CT molecular complexity index is 1100. The number of nitrogens with one attached hydrogen (secondary N) is 1. The second-order valence-corrected chi connectivity index (χ2v) is 7.82. The van der Waals surface area contributed by atoms with Gasteiger partial charge in [-0.3, -0.25) is 10.1 Å². The number of benzene rings is 2. The van der Waals surface area contributed by atoms with E-state index in [9.17, 15) is 10.1 Å². The molecule has 146 valence electrons. The summed E-state index contributed by atoms with van der Waals surface area (Å²) in [5.74, 6) is 0.172. The SMILES string of the molecule is COc1ccc(/C=C(\C#N)C(=O)Nc2ncc(Cc3cccc(Cl)c3Cl)s2)cc1. The molecule has 0 unspecified atom stereocenters. The highest BCUT2D eigenvalue weighted by Crippen LogP contribution is 2.29. The fraction of sp³-hybridized carbons (Fsp3) is 0.0952. The number of rotatable bonds is 6. The van der Waals surface area contributed by atoms with Crippen molar-refractivity contribution in [3.8, 4) is 11.8 Å². The summed E-state index contributed by atoms with van der Waals surface area (Å²) < 4.78 is 5.10. The van der Waals surface area contributed by atoms with Gasteiger partial charge in [-0.25, -0.2) is 4.98 Å². The predicted octanol–water partition coefficient (Wildman–Crippen LogP) is 5.59. The van der Waals surface area contributed by atoms with E-state index in [1.165, 1.54) is 17.4 Å². The number of ether oxygens (including phenoxy) is 1. The minimum absolute atomic E-state index is 0.0233. The summed E-state index contributed by atoms with van der Waals surface area (Å²) in [6, 6.07) is 14.4. The van der Waals surface area contributed by atoms with Gasteiger partial charge in [0.05, 0.1) is 17.2 Å². The number of nitrogens with zero attached hydrogens (tertiary/aromatic N) is 2. The lowest BCUT2D eigenvalue weighted by Crippen LogP contribution is -2.13. The van der Waals surface area contributed by atoms with Crippen LogP contribution in [0.25, 0.3) is 6.08 Å². The Labute approximate surface area is 182 Å². The quantitative estimate of drug-likeness (QED) is 0.397. The maximum Gasteiger partial charge on any atom is 0.268 e. The number of carbonyl (C=O) groups excluding carboxylic acids is 1. The number of amides is 1. The minimum atomic E-state index is -0.523. The molecule has 5 nitrogen and oxygen atoms in total. The highest BCUT2D eigenvalue weighted by molar-refractivity contribution is 7.15. The highest BCUT2D eigenvalue weighted by atomic mass is 35.5. The van der Waals surface area contributed by atoms with Gasteiger partial charge in [-0.05, 0) is 35.4 Å². The molecule has 0 bridgehead atoms. The van der Waals surface area contributed by atoms with Crippen LogP contribution in [-0.2, 0) is 11.2 Å². The van der Waals surface area contributed by atoms with Gasteiger partial charge in [-0.2, -0.15) is 5.26 Å². The summed E-state index contributed by atoms with van der Waals surface area (Å²) >= 11 is 13.6. The molecule has 0 saturated heterocycles. The van der Waals surface area contributed by atoms with Gasteiger partial charge in [-0.1, -0.05) is 47.5 Å². The molecule has 1 heterocycles. The second-order valence-electron chi connectivity index (χ2n) is 5.92. The first-order valence-electron chi connectivity index (χ1n) is 8.45. The van der Waals surface area contributed by atoms with Crippen LogP contribution in [0.3, 0.4) is 0 Å². The van der Waals surface area contributed by atoms with E-state index in [1.807, 2.05) is 18.2 Å². The maximum absolute atomic E-state index is 12.4. The van der Waals surface area contributed by atoms with Gasteiger partial charge in [0.1, 0.15) is 17.4 Å². The number of hydrogen-bond acceptors (Lipinski definition) is 5. The van der Waals surface area contributed by atoms with E-state index in [4.69, 9.17) is 27.9 Å². The predicted molar refractivity (Wildman–Crippen MR) is 117 cm³/mol. The van der Waals surface area contributed by atoms with Gasteiger partial charge in [0.2, 0.25) is 0 Å². The van der Waals surface area contributed by atoms with E-state index < -0.39 is 5.91 Å². The Balaban J connectivity index is 1.70. The van der Waals surface area contributed by atoms with E-state index in [0.29, 0.717) is 32.9 Å². The Kier molecular flexibility index (Phi) is 6.89. The Morgan fingerprint density at radius 1 is 1.28 bits per heavy atom. The molecular weight excluding hydrogens is 429 g/mol. The van der Waals surface area contributed by atoms with Crippen LogP contribution in [0.5, 0.6) is 5.75 Å². The zero-order valence-electron chi connectivity index (χ0n) is 15.3. The summed E-state index contributed by atoms with van der Waals surface area (Å²) in [6.07, 6.45) is 3.71. The van der Waals surface area contributed by atoms with E-state index >= 15 is 0 Å². The van der Waals surface area contributed by atoms with Crippen molar-refractivity contribution in [2.45, 2.75) is 6.42 Å². The number of halogens is 2. The van der Waals surface area contributed by atoms with Gasteiger partial charge >= 0.3 is 0 Å². The molecule has 3 aromatic rings. The number of carbonyl (C=O) groups is 1. The number of nitriles is 1. The molecule has 1 N–H and O–H groups in total. The normalized spacial score (nSPS) is 11.0. The van der Waals surface area contributed by atoms with Gasteiger partial charge < -0.3 is 4.74 Å². The van der Waals surface area contributed by atoms with Gasteiger partial charge in [0.25, 0.3) is 5.91 Å². The molecule has 2 aromatic carbocycles. The molecule has 1 amide bonds. The fourth-order valence-corrected chi connectivity index (χ4v) is 3.72. The van der Waals surface area contributed by atoms with E-state index in [0.717, 1.165) is 10.4 Å². The van der Waals surface area contributed by atoms with Crippen LogP contribution in [0.15, 0.2) is 54.2 Å². The molecule has 0 saturated carbocycles. The molecule has 0 aliphatic heterocycles. The summed E-state index contributed by atoms with van der Waals surface area (Å²) in [4.78, 5) is 17.6. The molecule has 0 radical (unpaired) electrons. The molecule has 1 aromatic heterocycles. The third-order valence-electron chi connectivity index (χ3n) is 3.96. The van der Waals surface area contributed by atoms with E-state index in [1.54, 1.807) is 43.6 Å². The zero-order chi connectivity index (χ0) is 20.8. The van der Waals surface area contributed by atoms with Crippen molar-refractivity contribution in [2.24, 2.45) is 0 Å². The van der Waals surface area contributed by atoms with Gasteiger partial charge in [-0.15, -0.1) is 11.3 Å². The molecule has 8 heteroatoms. The van der Waals surface area contributed by atoms with Crippen LogP contribution in [0, 0.1) is 11.3 Å². The van der Waals surface area contributed by atoms with E-state index in [2.05, 4.69) is 10.3 Å². The first-order chi connectivity index (χ1) is 14.0. The third-order valence-corrected chi connectivity index (χ3v) is 5.73. The average Bonchev–Trinajstić information content (AvgIpc) is 3.16. The largest absolute Gasteiger partial charge is 0.497 e. The molecule has 0 fully saturated rings. The minimum Gasteiger partial charge on any atom is -0.497 e. The van der Waals surface area contributed by atoms with Gasteiger partial charge in [0, 0.05) is 17.5 Å². The Hall–Kier alpha value is -2.85. The van der Waals surface area contributed by atoms with Crippen molar-refractivity contribution >= 4 is 51.7 Å².